The Balaban J connectivity index is 2.59. The van der Waals surface area contributed by atoms with E-state index >= 15 is 0 Å². The van der Waals surface area contributed by atoms with E-state index in [2.05, 4.69) is 0 Å². The van der Waals surface area contributed by atoms with Gasteiger partial charge in [-0.3, -0.25) is 4.57 Å². The molecule has 1 fully saturated rings. The molecule has 0 aromatic rings. The summed E-state index contributed by atoms with van der Waals surface area (Å²) in [5, 5.41) is 0. The Morgan fingerprint density at radius 2 is 2.27 bits per heavy atom. The fraction of sp³-hybridized carbons (Fsp3) is 0.750. The van der Waals surface area contributed by atoms with E-state index in [0.29, 0.717) is 6.54 Å². The summed E-state index contributed by atoms with van der Waals surface area (Å²) in [6.45, 7) is 1.41. The summed E-state index contributed by atoms with van der Waals surface area (Å²) in [4.78, 5) is 19.4. The molecular formula is C8H15BNO4P. The first-order valence-corrected chi connectivity index (χ1v) is 6.39. The van der Waals surface area contributed by atoms with Crippen molar-refractivity contribution in [1.82, 2.24) is 4.90 Å². The number of hydrogen-bond donors (Lipinski definition) is 2. The molecule has 2 unspecified atom stereocenters. The molecule has 2 radical (unpaired) electrons. The smallest absolute Gasteiger partial charge is 0.348 e. The minimum Gasteiger partial charge on any atom is -0.379 e. The molecule has 0 saturated carbocycles. The third-order valence-electron chi connectivity index (χ3n) is 2.13. The fourth-order valence-electron chi connectivity index (χ4n) is 1.40. The van der Waals surface area contributed by atoms with Crippen LogP contribution in [0.1, 0.15) is 6.42 Å². The molecule has 0 bridgehead atoms. The highest BCUT2D eigenvalue weighted by atomic mass is 31.2. The van der Waals surface area contributed by atoms with Crippen LogP contribution in [-0.4, -0.2) is 54.8 Å². The van der Waals surface area contributed by atoms with Crippen LogP contribution in [-0.2, 0) is 9.30 Å². The molecule has 84 valence electrons. The highest BCUT2D eigenvalue weighted by Gasteiger charge is 2.19. The van der Waals surface area contributed by atoms with E-state index in [4.69, 9.17) is 22.4 Å². The third-order valence-corrected chi connectivity index (χ3v) is 2.69. The average molecular weight is 231 g/mol. The highest BCUT2D eigenvalue weighted by Crippen LogP contribution is 2.36. The van der Waals surface area contributed by atoms with Crippen molar-refractivity contribution in [1.29, 1.82) is 0 Å². The minimum absolute atomic E-state index is 0.361. The van der Waals surface area contributed by atoms with E-state index in [1.807, 2.05) is 11.9 Å². The summed E-state index contributed by atoms with van der Waals surface area (Å²) in [5.74, 6) is 0.865. The van der Waals surface area contributed by atoms with Gasteiger partial charge in [-0.1, -0.05) is 0 Å². The van der Waals surface area contributed by atoms with Crippen LogP contribution in [0.25, 0.3) is 0 Å². The molecule has 1 heterocycles. The summed E-state index contributed by atoms with van der Waals surface area (Å²) in [6, 6.07) is -0.374. The van der Waals surface area contributed by atoms with Gasteiger partial charge in [-0.2, -0.15) is 0 Å². The van der Waals surface area contributed by atoms with Gasteiger partial charge in [-0.15, -0.1) is 0 Å². The summed E-state index contributed by atoms with van der Waals surface area (Å²) in [7, 11) is 3.46. The maximum atomic E-state index is 10.6. The maximum Gasteiger partial charge on any atom is 0.348 e. The summed E-state index contributed by atoms with van der Waals surface area (Å²) < 4.78 is 16.0. The molecular weight excluding hydrogens is 216 g/mol. The molecule has 0 aromatic heterocycles. The molecule has 0 spiro atoms. The first-order valence-electron chi connectivity index (χ1n) is 4.71. The second kappa shape index (κ2) is 5.28. The Morgan fingerprint density at radius 1 is 1.60 bits per heavy atom. The van der Waals surface area contributed by atoms with Gasteiger partial charge in [0.05, 0.1) is 6.10 Å². The number of hydrogen-bond acceptors (Lipinski definition) is 3. The van der Waals surface area contributed by atoms with Gasteiger partial charge in [0.2, 0.25) is 0 Å². The van der Waals surface area contributed by atoms with Crippen molar-refractivity contribution in [3.05, 3.63) is 11.9 Å². The first kappa shape index (κ1) is 12.9. The van der Waals surface area contributed by atoms with Crippen LogP contribution in [0.3, 0.4) is 0 Å². The molecule has 1 aliphatic rings. The standard InChI is InChI=1S/C8H15BNO4P/c1-10-4-2-8(9)14-7(6-10)3-5-15(11,12)13/h3,5,7-8H,2,4,6H2,1H3,(H2,11,12,13)/b5-3+. The number of nitrogens with zero attached hydrogens (tertiary/aromatic N) is 1. The Morgan fingerprint density at radius 3 is 2.87 bits per heavy atom. The quantitative estimate of drug-likeness (QED) is 0.512. The van der Waals surface area contributed by atoms with Crippen LogP contribution in [0.15, 0.2) is 11.9 Å². The molecule has 1 saturated heterocycles. The molecule has 5 nitrogen and oxygen atoms in total. The largest absolute Gasteiger partial charge is 0.379 e. The molecule has 0 aromatic carbocycles. The van der Waals surface area contributed by atoms with Gasteiger partial charge in [0, 0.05) is 18.4 Å². The predicted molar refractivity (Wildman–Crippen MR) is 57.7 cm³/mol. The Kier molecular flexibility index (Phi) is 4.55. The Labute approximate surface area is 90.7 Å². The van der Waals surface area contributed by atoms with Crippen LogP contribution >= 0.6 is 7.60 Å². The molecule has 1 rings (SSSR count). The summed E-state index contributed by atoms with van der Waals surface area (Å²) >= 11 is 0. The molecule has 15 heavy (non-hydrogen) atoms. The van der Waals surface area contributed by atoms with Crippen LogP contribution in [0.4, 0.5) is 0 Å². The van der Waals surface area contributed by atoms with E-state index < -0.39 is 7.60 Å². The number of rotatable bonds is 2. The zero-order chi connectivity index (χ0) is 11.5. The van der Waals surface area contributed by atoms with Crippen molar-refractivity contribution >= 4 is 15.4 Å². The van der Waals surface area contributed by atoms with Gasteiger partial charge in [0.25, 0.3) is 0 Å². The van der Waals surface area contributed by atoms with Crippen LogP contribution in [0.5, 0.6) is 0 Å². The zero-order valence-corrected chi connectivity index (χ0v) is 9.51. The second-order valence-electron chi connectivity index (χ2n) is 3.69. The normalized spacial score (nSPS) is 30.6. The van der Waals surface area contributed by atoms with Crippen LogP contribution < -0.4 is 0 Å². The monoisotopic (exact) mass is 231 g/mol. The molecule has 7 heteroatoms. The lowest BCUT2D eigenvalue weighted by atomic mass is 9.97. The lowest BCUT2D eigenvalue weighted by molar-refractivity contribution is 0.0661. The first-order chi connectivity index (χ1) is 6.87. The average Bonchev–Trinajstić information content (AvgIpc) is 2.24. The molecule has 0 amide bonds. The van der Waals surface area contributed by atoms with Crippen molar-refractivity contribution < 1.29 is 19.1 Å². The van der Waals surface area contributed by atoms with Crippen molar-refractivity contribution in [2.24, 2.45) is 0 Å². The van der Waals surface area contributed by atoms with Gasteiger partial charge in [-0.25, -0.2) is 0 Å². The van der Waals surface area contributed by atoms with E-state index in [0.717, 1.165) is 18.8 Å². The number of ether oxygens (including phenoxy) is 1. The van der Waals surface area contributed by atoms with Gasteiger partial charge in [0.15, 0.2) is 0 Å². The van der Waals surface area contributed by atoms with Gasteiger partial charge < -0.3 is 19.4 Å². The van der Waals surface area contributed by atoms with E-state index in [1.165, 1.54) is 6.08 Å². The van der Waals surface area contributed by atoms with Gasteiger partial charge in [-0.05, 0) is 26.1 Å². The Hall–Kier alpha value is -0.125. The molecule has 2 atom stereocenters. The van der Waals surface area contributed by atoms with Crippen molar-refractivity contribution in [2.45, 2.75) is 18.5 Å². The molecule has 0 aliphatic carbocycles. The SMILES string of the molecule is [B]C1CCN(C)CC(/C=C/P(=O)(O)O)O1. The predicted octanol–water partition coefficient (Wildman–Crippen LogP) is -0.107. The van der Waals surface area contributed by atoms with E-state index in [9.17, 15) is 4.57 Å². The molecule has 2 N–H and O–H groups in total. The van der Waals surface area contributed by atoms with Crippen molar-refractivity contribution in [3.8, 4) is 0 Å². The fourth-order valence-corrected chi connectivity index (χ4v) is 1.81. The number of likely N-dealkylation sites (N-methyl/N-ethyl adjacent to an activating group) is 1. The molecule has 1 aliphatic heterocycles. The minimum atomic E-state index is -4.11. The highest BCUT2D eigenvalue weighted by molar-refractivity contribution is 7.55. The van der Waals surface area contributed by atoms with Crippen molar-refractivity contribution in [2.75, 3.05) is 20.1 Å². The maximum absolute atomic E-state index is 10.6. The van der Waals surface area contributed by atoms with Crippen molar-refractivity contribution in [3.63, 3.8) is 0 Å². The Bertz CT molecular complexity index is 268. The third kappa shape index (κ3) is 5.49. The zero-order valence-electron chi connectivity index (χ0n) is 8.61. The lowest BCUT2D eigenvalue weighted by Gasteiger charge is -2.17. The topological polar surface area (TPSA) is 70.0 Å². The van der Waals surface area contributed by atoms with Crippen LogP contribution in [0, 0.1) is 0 Å². The van der Waals surface area contributed by atoms with Crippen LogP contribution in [0.2, 0.25) is 0 Å². The summed E-state index contributed by atoms with van der Waals surface area (Å²) in [5.41, 5.74) is 0. The van der Waals surface area contributed by atoms with Gasteiger partial charge >= 0.3 is 7.60 Å². The van der Waals surface area contributed by atoms with E-state index in [1.54, 1.807) is 0 Å². The van der Waals surface area contributed by atoms with E-state index in [-0.39, 0.29) is 12.1 Å². The second-order valence-corrected chi connectivity index (χ2v) is 5.17. The lowest BCUT2D eigenvalue weighted by Crippen LogP contribution is -2.27. The van der Waals surface area contributed by atoms with Gasteiger partial charge in [0.1, 0.15) is 7.85 Å². The summed E-state index contributed by atoms with van der Waals surface area (Å²) in [6.07, 6.45) is 1.74.